The lowest BCUT2D eigenvalue weighted by atomic mass is 9.96. The number of anilines is 1. The Morgan fingerprint density at radius 3 is 2.63 bits per heavy atom. The first-order valence-corrected chi connectivity index (χ1v) is 7.80. The van der Waals surface area contributed by atoms with Gasteiger partial charge in [-0.1, -0.05) is 12.5 Å². The second-order valence-electron chi connectivity index (χ2n) is 5.89. The number of aromatic nitrogens is 1. The van der Waals surface area contributed by atoms with Crippen LogP contribution in [0.2, 0.25) is 0 Å². The van der Waals surface area contributed by atoms with E-state index in [0.717, 1.165) is 6.54 Å². The summed E-state index contributed by atoms with van der Waals surface area (Å²) >= 11 is 0. The van der Waals surface area contributed by atoms with Crippen LogP contribution in [0.4, 0.5) is 5.82 Å². The molecule has 2 saturated heterocycles. The number of pyridine rings is 1. The summed E-state index contributed by atoms with van der Waals surface area (Å²) in [5.74, 6) is 1.18. The Kier molecular flexibility index (Phi) is 4.02. The lowest BCUT2D eigenvalue weighted by Crippen LogP contribution is -2.31. The van der Waals surface area contributed by atoms with Crippen molar-refractivity contribution in [1.82, 2.24) is 10.3 Å². The third-order valence-electron chi connectivity index (χ3n) is 4.48. The van der Waals surface area contributed by atoms with Crippen molar-refractivity contribution >= 4 is 5.82 Å². The molecule has 0 spiro atoms. The largest absolute Gasteiger partial charge is 0.357 e. The first-order valence-electron chi connectivity index (χ1n) is 7.80. The van der Waals surface area contributed by atoms with Crippen LogP contribution in [-0.4, -0.2) is 24.6 Å². The van der Waals surface area contributed by atoms with Crippen molar-refractivity contribution in [3.8, 4) is 0 Å². The molecule has 1 unspecified atom stereocenters. The van der Waals surface area contributed by atoms with Gasteiger partial charge in [0.15, 0.2) is 0 Å². The van der Waals surface area contributed by atoms with Gasteiger partial charge in [0, 0.05) is 24.8 Å². The summed E-state index contributed by atoms with van der Waals surface area (Å²) in [4.78, 5) is 7.30. The highest BCUT2D eigenvalue weighted by molar-refractivity contribution is 5.42. The molecule has 0 radical (unpaired) electrons. The van der Waals surface area contributed by atoms with E-state index in [1.807, 2.05) is 0 Å². The van der Waals surface area contributed by atoms with Gasteiger partial charge in [-0.05, 0) is 57.2 Å². The van der Waals surface area contributed by atoms with E-state index in [-0.39, 0.29) is 0 Å². The molecule has 3 nitrogen and oxygen atoms in total. The zero-order valence-corrected chi connectivity index (χ0v) is 12.0. The van der Waals surface area contributed by atoms with Gasteiger partial charge >= 0.3 is 0 Å². The summed E-state index contributed by atoms with van der Waals surface area (Å²) in [5, 5.41) is 3.62. The van der Waals surface area contributed by atoms with Crippen LogP contribution in [0.3, 0.4) is 0 Å². The summed E-state index contributed by atoms with van der Waals surface area (Å²) < 4.78 is 0. The average molecular weight is 259 g/mol. The van der Waals surface area contributed by atoms with Gasteiger partial charge in [0.05, 0.1) is 0 Å². The molecule has 0 saturated carbocycles. The van der Waals surface area contributed by atoms with Crippen LogP contribution in [0.15, 0.2) is 12.1 Å². The maximum absolute atomic E-state index is 4.86. The Morgan fingerprint density at radius 1 is 1.11 bits per heavy atom. The minimum Gasteiger partial charge on any atom is -0.357 e. The molecule has 2 aliphatic rings. The van der Waals surface area contributed by atoms with E-state index in [1.165, 1.54) is 68.7 Å². The highest BCUT2D eigenvalue weighted by Gasteiger charge is 2.19. The van der Waals surface area contributed by atoms with Crippen LogP contribution in [0.1, 0.15) is 55.8 Å². The van der Waals surface area contributed by atoms with E-state index in [9.17, 15) is 0 Å². The first-order chi connectivity index (χ1) is 9.34. The Bertz CT molecular complexity index is 418. The number of rotatable bonds is 2. The number of hydrogen-bond acceptors (Lipinski definition) is 3. The third kappa shape index (κ3) is 2.92. The molecule has 0 bridgehead atoms. The van der Waals surface area contributed by atoms with Gasteiger partial charge in [0.1, 0.15) is 5.82 Å². The summed E-state index contributed by atoms with van der Waals surface area (Å²) in [6, 6.07) is 5.05. The second kappa shape index (κ2) is 5.91. The van der Waals surface area contributed by atoms with Crippen LogP contribution in [0.25, 0.3) is 0 Å². The van der Waals surface area contributed by atoms with E-state index in [4.69, 9.17) is 4.98 Å². The molecular formula is C16H25N3. The van der Waals surface area contributed by atoms with Gasteiger partial charge in [-0.2, -0.15) is 0 Å². The van der Waals surface area contributed by atoms with E-state index in [2.05, 4.69) is 29.3 Å². The molecular weight excluding hydrogens is 234 g/mol. The number of nitrogens with one attached hydrogen (secondary N) is 1. The zero-order valence-electron chi connectivity index (χ0n) is 12.0. The van der Waals surface area contributed by atoms with Crippen LogP contribution in [0.5, 0.6) is 0 Å². The standard InChI is InChI=1S/C16H25N3/c1-13-14(15-7-3-4-10-17-15)8-9-16(18-13)19-11-5-2-6-12-19/h8-9,15,17H,2-7,10-12H2,1H3. The first kappa shape index (κ1) is 12.9. The number of hydrogen-bond donors (Lipinski definition) is 1. The molecule has 1 aromatic heterocycles. The molecule has 0 amide bonds. The molecule has 3 heterocycles. The van der Waals surface area contributed by atoms with Crippen molar-refractivity contribution in [3.63, 3.8) is 0 Å². The lowest BCUT2D eigenvalue weighted by Gasteiger charge is -2.29. The van der Waals surface area contributed by atoms with Gasteiger partial charge in [-0.3, -0.25) is 0 Å². The summed E-state index contributed by atoms with van der Waals surface area (Å²) in [7, 11) is 0. The molecule has 1 atom stereocenters. The van der Waals surface area contributed by atoms with Crippen LogP contribution in [0, 0.1) is 6.92 Å². The van der Waals surface area contributed by atoms with Crippen molar-refractivity contribution < 1.29 is 0 Å². The molecule has 19 heavy (non-hydrogen) atoms. The highest BCUT2D eigenvalue weighted by atomic mass is 15.2. The fourth-order valence-electron chi connectivity index (χ4n) is 3.34. The number of piperidine rings is 2. The van der Waals surface area contributed by atoms with Crippen LogP contribution < -0.4 is 10.2 Å². The molecule has 0 aromatic carbocycles. The van der Waals surface area contributed by atoms with Gasteiger partial charge in [-0.25, -0.2) is 4.98 Å². The smallest absolute Gasteiger partial charge is 0.128 e. The Balaban J connectivity index is 1.76. The summed E-state index contributed by atoms with van der Waals surface area (Å²) in [6.07, 6.45) is 7.91. The quantitative estimate of drug-likeness (QED) is 0.884. The van der Waals surface area contributed by atoms with Gasteiger partial charge in [0.2, 0.25) is 0 Å². The molecule has 2 aliphatic heterocycles. The molecule has 104 valence electrons. The maximum Gasteiger partial charge on any atom is 0.128 e. The van der Waals surface area contributed by atoms with Crippen molar-refractivity contribution in [2.45, 2.75) is 51.5 Å². The summed E-state index contributed by atoms with van der Waals surface area (Å²) in [5.41, 5.74) is 2.61. The summed E-state index contributed by atoms with van der Waals surface area (Å²) in [6.45, 7) is 5.66. The lowest BCUT2D eigenvalue weighted by molar-refractivity contribution is 0.410. The fourth-order valence-corrected chi connectivity index (χ4v) is 3.34. The molecule has 3 heteroatoms. The number of nitrogens with zero attached hydrogens (tertiary/aromatic N) is 2. The van der Waals surface area contributed by atoms with Crippen LogP contribution in [-0.2, 0) is 0 Å². The van der Waals surface area contributed by atoms with Crippen LogP contribution >= 0.6 is 0 Å². The molecule has 2 fully saturated rings. The SMILES string of the molecule is Cc1nc(N2CCCCC2)ccc1C1CCCCN1. The average Bonchev–Trinajstić information content (AvgIpc) is 2.49. The maximum atomic E-state index is 4.86. The Labute approximate surface area is 116 Å². The van der Waals surface area contributed by atoms with Gasteiger partial charge in [-0.15, -0.1) is 0 Å². The fraction of sp³-hybridized carbons (Fsp3) is 0.688. The van der Waals surface area contributed by atoms with Gasteiger partial charge in [0.25, 0.3) is 0 Å². The van der Waals surface area contributed by atoms with Crippen molar-refractivity contribution in [3.05, 3.63) is 23.4 Å². The van der Waals surface area contributed by atoms with Crippen molar-refractivity contribution in [1.29, 1.82) is 0 Å². The minimum absolute atomic E-state index is 0.525. The molecule has 1 N–H and O–H groups in total. The van der Waals surface area contributed by atoms with Gasteiger partial charge < -0.3 is 10.2 Å². The normalized spacial score (nSPS) is 24.5. The van der Waals surface area contributed by atoms with Crippen molar-refractivity contribution in [2.75, 3.05) is 24.5 Å². The topological polar surface area (TPSA) is 28.2 Å². The molecule has 0 aliphatic carbocycles. The minimum atomic E-state index is 0.525. The predicted octanol–water partition coefficient (Wildman–Crippen LogP) is 3.19. The van der Waals surface area contributed by atoms with Crippen molar-refractivity contribution in [2.24, 2.45) is 0 Å². The van der Waals surface area contributed by atoms with E-state index >= 15 is 0 Å². The molecule has 3 rings (SSSR count). The number of aryl methyl sites for hydroxylation is 1. The Hall–Kier alpha value is -1.09. The zero-order chi connectivity index (χ0) is 13.1. The monoisotopic (exact) mass is 259 g/mol. The van der Waals surface area contributed by atoms with E-state index in [0.29, 0.717) is 6.04 Å². The van der Waals surface area contributed by atoms with E-state index < -0.39 is 0 Å². The highest BCUT2D eigenvalue weighted by Crippen LogP contribution is 2.27. The van der Waals surface area contributed by atoms with E-state index in [1.54, 1.807) is 0 Å². The molecule has 1 aromatic rings. The third-order valence-corrected chi connectivity index (χ3v) is 4.48. The predicted molar refractivity (Wildman–Crippen MR) is 79.6 cm³/mol. The second-order valence-corrected chi connectivity index (χ2v) is 5.89. The Morgan fingerprint density at radius 2 is 1.95 bits per heavy atom.